The van der Waals surface area contributed by atoms with Crippen molar-refractivity contribution in [3.05, 3.63) is 18.1 Å². The van der Waals surface area contributed by atoms with E-state index in [1.165, 1.54) is 11.5 Å². The van der Waals surface area contributed by atoms with Crippen LogP contribution in [0.4, 0.5) is 5.82 Å². The van der Waals surface area contributed by atoms with Gasteiger partial charge in [0, 0.05) is 36.8 Å². The van der Waals surface area contributed by atoms with Gasteiger partial charge >= 0.3 is 0 Å². The van der Waals surface area contributed by atoms with E-state index in [2.05, 4.69) is 27.1 Å². The summed E-state index contributed by atoms with van der Waals surface area (Å²) < 4.78 is 0. The van der Waals surface area contributed by atoms with Crippen LogP contribution in [0.25, 0.3) is 0 Å². The van der Waals surface area contributed by atoms with E-state index in [0.717, 1.165) is 24.6 Å². The zero-order valence-electron chi connectivity index (χ0n) is 9.81. The zero-order chi connectivity index (χ0) is 11.4. The maximum atomic E-state index is 4.63. The van der Waals surface area contributed by atoms with E-state index in [0.29, 0.717) is 6.04 Å². The second-order valence-corrected chi connectivity index (χ2v) is 5.17. The highest BCUT2D eigenvalue weighted by molar-refractivity contribution is 7.99. The third-order valence-electron chi connectivity index (χ3n) is 2.69. The van der Waals surface area contributed by atoms with Gasteiger partial charge in [0.1, 0.15) is 5.82 Å². The Bertz CT molecular complexity index is 345. The number of thioether (sulfide) groups is 1. The van der Waals surface area contributed by atoms with Crippen molar-refractivity contribution in [2.45, 2.75) is 19.5 Å². The van der Waals surface area contributed by atoms with Crippen LogP contribution in [-0.2, 0) is 6.54 Å². The van der Waals surface area contributed by atoms with Crippen molar-refractivity contribution < 1.29 is 0 Å². The number of hydrogen-bond acceptors (Lipinski definition) is 5. The standard InChI is InChI=1S/C11H18N4S/c1-9-8-16-4-3-15(9)11-7-13-6-10(14-11)5-12-2/h6-7,9,12H,3-5,8H2,1-2H3. The van der Waals surface area contributed by atoms with Crippen LogP contribution in [-0.4, -0.2) is 41.1 Å². The molecular weight excluding hydrogens is 220 g/mol. The first-order valence-corrected chi connectivity index (χ1v) is 6.76. The molecule has 4 nitrogen and oxygen atoms in total. The van der Waals surface area contributed by atoms with Crippen LogP contribution in [0.2, 0.25) is 0 Å². The van der Waals surface area contributed by atoms with E-state index < -0.39 is 0 Å². The molecule has 0 aromatic carbocycles. The van der Waals surface area contributed by atoms with E-state index in [4.69, 9.17) is 0 Å². The van der Waals surface area contributed by atoms with Crippen LogP contribution in [0.15, 0.2) is 12.4 Å². The molecule has 0 spiro atoms. The number of hydrogen-bond donors (Lipinski definition) is 1. The highest BCUT2D eigenvalue weighted by Gasteiger charge is 2.20. The highest BCUT2D eigenvalue weighted by Crippen LogP contribution is 2.21. The van der Waals surface area contributed by atoms with Crippen molar-refractivity contribution in [2.75, 3.05) is 30.0 Å². The maximum Gasteiger partial charge on any atom is 0.147 e. The van der Waals surface area contributed by atoms with Gasteiger partial charge in [0.2, 0.25) is 0 Å². The first kappa shape index (κ1) is 11.7. The van der Waals surface area contributed by atoms with Gasteiger partial charge in [-0.15, -0.1) is 0 Å². The largest absolute Gasteiger partial charge is 0.351 e. The lowest BCUT2D eigenvalue weighted by molar-refractivity contribution is 0.680. The third-order valence-corrected chi connectivity index (χ3v) is 3.88. The van der Waals surface area contributed by atoms with Gasteiger partial charge in [-0.2, -0.15) is 11.8 Å². The monoisotopic (exact) mass is 238 g/mol. The summed E-state index contributed by atoms with van der Waals surface area (Å²) in [7, 11) is 1.93. The summed E-state index contributed by atoms with van der Waals surface area (Å²) in [5.74, 6) is 3.38. The molecule has 1 aromatic heterocycles. The summed E-state index contributed by atoms with van der Waals surface area (Å²) in [5, 5.41) is 3.10. The Labute approximate surface area is 101 Å². The minimum absolute atomic E-state index is 0.554. The van der Waals surface area contributed by atoms with Crippen LogP contribution >= 0.6 is 11.8 Å². The SMILES string of the molecule is CNCc1cncc(N2CCSCC2C)n1. The number of nitrogens with one attached hydrogen (secondary N) is 1. The zero-order valence-corrected chi connectivity index (χ0v) is 10.6. The predicted molar refractivity (Wildman–Crippen MR) is 68.9 cm³/mol. The summed E-state index contributed by atoms with van der Waals surface area (Å²) in [5.41, 5.74) is 1.01. The Balaban J connectivity index is 2.15. The molecule has 1 saturated heterocycles. The lowest BCUT2D eigenvalue weighted by atomic mass is 10.3. The second-order valence-electron chi connectivity index (χ2n) is 4.02. The molecule has 0 saturated carbocycles. The summed E-state index contributed by atoms with van der Waals surface area (Å²) >= 11 is 2.01. The fraction of sp³-hybridized carbons (Fsp3) is 0.636. The predicted octanol–water partition coefficient (Wildman–Crippen LogP) is 1.14. The van der Waals surface area contributed by atoms with E-state index in [-0.39, 0.29) is 0 Å². The molecule has 1 aliphatic heterocycles. The van der Waals surface area contributed by atoms with Crippen molar-refractivity contribution in [1.82, 2.24) is 15.3 Å². The molecule has 5 heteroatoms. The first-order valence-electron chi connectivity index (χ1n) is 5.61. The minimum atomic E-state index is 0.554. The van der Waals surface area contributed by atoms with E-state index >= 15 is 0 Å². The average molecular weight is 238 g/mol. The van der Waals surface area contributed by atoms with E-state index in [1.807, 2.05) is 31.2 Å². The molecule has 1 fully saturated rings. The molecule has 88 valence electrons. The van der Waals surface area contributed by atoms with E-state index in [9.17, 15) is 0 Å². The normalized spacial score (nSPS) is 21.1. The number of anilines is 1. The van der Waals surface area contributed by atoms with Gasteiger partial charge in [0.25, 0.3) is 0 Å². The van der Waals surface area contributed by atoms with Crippen molar-refractivity contribution in [2.24, 2.45) is 0 Å². The van der Waals surface area contributed by atoms with Gasteiger partial charge < -0.3 is 10.2 Å². The molecule has 0 bridgehead atoms. The van der Waals surface area contributed by atoms with Gasteiger partial charge in [-0.1, -0.05) is 0 Å². The molecule has 0 radical (unpaired) electrons. The summed E-state index contributed by atoms with van der Waals surface area (Å²) in [6, 6.07) is 0.554. The van der Waals surface area contributed by atoms with Gasteiger partial charge in [-0.3, -0.25) is 4.98 Å². The molecule has 0 amide bonds. The fourth-order valence-electron chi connectivity index (χ4n) is 1.87. The van der Waals surface area contributed by atoms with E-state index in [1.54, 1.807) is 0 Å². The lowest BCUT2D eigenvalue weighted by Crippen LogP contribution is -2.41. The smallest absolute Gasteiger partial charge is 0.147 e. The number of aromatic nitrogens is 2. The fourth-order valence-corrected chi connectivity index (χ4v) is 2.88. The summed E-state index contributed by atoms with van der Waals surface area (Å²) in [6.07, 6.45) is 3.69. The molecule has 2 rings (SSSR count). The molecule has 2 heterocycles. The van der Waals surface area contributed by atoms with Gasteiger partial charge in [-0.05, 0) is 14.0 Å². The Kier molecular flexibility index (Phi) is 4.01. The van der Waals surface area contributed by atoms with Crippen molar-refractivity contribution >= 4 is 17.6 Å². The van der Waals surface area contributed by atoms with Crippen LogP contribution in [0.3, 0.4) is 0 Å². The Morgan fingerprint density at radius 2 is 2.44 bits per heavy atom. The number of rotatable bonds is 3. The molecule has 0 aliphatic carbocycles. The average Bonchev–Trinajstić information content (AvgIpc) is 2.30. The van der Waals surface area contributed by atoms with Crippen LogP contribution in [0.5, 0.6) is 0 Å². The highest BCUT2D eigenvalue weighted by atomic mass is 32.2. The molecular formula is C11H18N4S. The van der Waals surface area contributed by atoms with Crippen molar-refractivity contribution in [1.29, 1.82) is 0 Å². The van der Waals surface area contributed by atoms with Crippen LogP contribution in [0.1, 0.15) is 12.6 Å². The van der Waals surface area contributed by atoms with Gasteiger partial charge in [0.15, 0.2) is 0 Å². The third kappa shape index (κ3) is 2.65. The van der Waals surface area contributed by atoms with Gasteiger partial charge in [0.05, 0.1) is 11.9 Å². The lowest BCUT2D eigenvalue weighted by Gasteiger charge is -2.33. The molecule has 1 aromatic rings. The quantitative estimate of drug-likeness (QED) is 0.855. The maximum absolute atomic E-state index is 4.63. The minimum Gasteiger partial charge on any atom is -0.351 e. The second kappa shape index (κ2) is 5.50. The van der Waals surface area contributed by atoms with Crippen molar-refractivity contribution in [3.8, 4) is 0 Å². The molecule has 1 unspecified atom stereocenters. The molecule has 1 N–H and O–H groups in total. The van der Waals surface area contributed by atoms with Crippen LogP contribution in [0, 0.1) is 0 Å². The topological polar surface area (TPSA) is 41.1 Å². The van der Waals surface area contributed by atoms with Gasteiger partial charge in [-0.25, -0.2) is 4.98 Å². The Morgan fingerprint density at radius 1 is 1.56 bits per heavy atom. The Hall–Kier alpha value is -0.810. The Morgan fingerprint density at radius 3 is 3.19 bits per heavy atom. The molecule has 16 heavy (non-hydrogen) atoms. The number of nitrogens with zero attached hydrogens (tertiary/aromatic N) is 3. The molecule has 1 aliphatic rings. The summed E-state index contributed by atoms with van der Waals surface area (Å²) in [6.45, 7) is 4.10. The summed E-state index contributed by atoms with van der Waals surface area (Å²) in [4.78, 5) is 11.2. The first-order chi connectivity index (χ1) is 7.81. The molecule has 1 atom stereocenters. The van der Waals surface area contributed by atoms with Crippen molar-refractivity contribution in [3.63, 3.8) is 0 Å². The van der Waals surface area contributed by atoms with Crippen LogP contribution < -0.4 is 10.2 Å².